The molecule has 0 aliphatic carbocycles. The van der Waals surface area contributed by atoms with Crippen LogP contribution in [0.4, 0.5) is 4.39 Å². The number of guanidine groups is 1. The van der Waals surface area contributed by atoms with Gasteiger partial charge in [0.25, 0.3) is 0 Å². The third-order valence-electron chi connectivity index (χ3n) is 5.51. The summed E-state index contributed by atoms with van der Waals surface area (Å²) in [6.45, 7) is 6.15. The van der Waals surface area contributed by atoms with Crippen LogP contribution in [0, 0.1) is 12.7 Å². The molecule has 2 aromatic rings. The van der Waals surface area contributed by atoms with Crippen molar-refractivity contribution in [2.45, 2.75) is 45.5 Å². The van der Waals surface area contributed by atoms with Crippen LogP contribution in [0.2, 0.25) is 0 Å². The lowest BCUT2D eigenvalue weighted by atomic mass is 10.0. The summed E-state index contributed by atoms with van der Waals surface area (Å²) in [5.74, 6) is 0.547. The molecule has 0 saturated carbocycles. The molecular formula is C24H34FIN4O. The van der Waals surface area contributed by atoms with Crippen molar-refractivity contribution in [2.75, 3.05) is 27.2 Å². The monoisotopic (exact) mass is 540 g/mol. The van der Waals surface area contributed by atoms with Gasteiger partial charge in [0.2, 0.25) is 0 Å². The summed E-state index contributed by atoms with van der Waals surface area (Å²) in [7, 11) is 3.35. The van der Waals surface area contributed by atoms with Crippen molar-refractivity contribution in [3.05, 3.63) is 70.5 Å². The van der Waals surface area contributed by atoms with E-state index in [0.29, 0.717) is 18.2 Å². The molecule has 1 saturated heterocycles. The van der Waals surface area contributed by atoms with Crippen molar-refractivity contribution in [3.63, 3.8) is 0 Å². The van der Waals surface area contributed by atoms with Gasteiger partial charge in [-0.2, -0.15) is 0 Å². The van der Waals surface area contributed by atoms with Gasteiger partial charge in [-0.05, 0) is 43.0 Å². The summed E-state index contributed by atoms with van der Waals surface area (Å²) in [6.07, 6.45) is 2.17. The summed E-state index contributed by atoms with van der Waals surface area (Å²) in [4.78, 5) is 6.86. The van der Waals surface area contributed by atoms with E-state index in [9.17, 15) is 4.39 Å². The second kappa shape index (κ2) is 13.0. The van der Waals surface area contributed by atoms with Crippen molar-refractivity contribution < 1.29 is 9.13 Å². The number of benzene rings is 2. The maximum absolute atomic E-state index is 13.8. The third-order valence-corrected chi connectivity index (χ3v) is 5.51. The van der Waals surface area contributed by atoms with Gasteiger partial charge in [0.1, 0.15) is 5.82 Å². The number of methoxy groups -OCH3 is 1. The Morgan fingerprint density at radius 2 is 1.94 bits per heavy atom. The van der Waals surface area contributed by atoms with Gasteiger partial charge in [0.05, 0.1) is 6.61 Å². The van der Waals surface area contributed by atoms with E-state index in [4.69, 9.17) is 4.74 Å². The summed E-state index contributed by atoms with van der Waals surface area (Å²) >= 11 is 0. The highest BCUT2D eigenvalue weighted by atomic mass is 127. The number of nitrogens with zero attached hydrogens (tertiary/aromatic N) is 2. The highest BCUT2D eigenvalue weighted by Gasteiger charge is 2.20. The van der Waals surface area contributed by atoms with E-state index < -0.39 is 0 Å². The molecule has 2 N–H and O–H groups in total. The average Bonchev–Trinajstić information content (AvgIpc) is 2.74. The van der Waals surface area contributed by atoms with Gasteiger partial charge in [-0.15, -0.1) is 24.0 Å². The van der Waals surface area contributed by atoms with Crippen molar-refractivity contribution in [1.82, 2.24) is 15.5 Å². The molecule has 5 nitrogen and oxygen atoms in total. The molecule has 2 aromatic carbocycles. The van der Waals surface area contributed by atoms with Gasteiger partial charge in [-0.25, -0.2) is 4.39 Å². The van der Waals surface area contributed by atoms with E-state index in [1.54, 1.807) is 20.2 Å². The molecule has 0 unspecified atom stereocenters. The molecule has 0 radical (unpaired) electrons. The first-order valence-corrected chi connectivity index (χ1v) is 10.6. The zero-order valence-corrected chi connectivity index (χ0v) is 21.0. The van der Waals surface area contributed by atoms with Gasteiger partial charge in [-0.3, -0.25) is 9.89 Å². The predicted octanol–water partition coefficient (Wildman–Crippen LogP) is 4.23. The smallest absolute Gasteiger partial charge is 0.191 e. The predicted molar refractivity (Wildman–Crippen MR) is 135 cm³/mol. The molecule has 0 bridgehead atoms. The van der Waals surface area contributed by atoms with Crippen molar-refractivity contribution in [3.8, 4) is 0 Å². The lowest BCUT2D eigenvalue weighted by molar-refractivity contribution is 0.181. The first kappa shape index (κ1) is 25.5. The van der Waals surface area contributed by atoms with Gasteiger partial charge < -0.3 is 15.4 Å². The maximum Gasteiger partial charge on any atom is 0.191 e. The van der Waals surface area contributed by atoms with Crippen molar-refractivity contribution >= 4 is 29.9 Å². The topological polar surface area (TPSA) is 48.9 Å². The van der Waals surface area contributed by atoms with Crippen LogP contribution in [0.1, 0.15) is 35.1 Å². The van der Waals surface area contributed by atoms with Gasteiger partial charge in [0, 0.05) is 51.9 Å². The van der Waals surface area contributed by atoms with Crippen LogP contribution >= 0.6 is 24.0 Å². The fourth-order valence-electron chi connectivity index (χ4n) is 3.88. The summed E-state index contributed by atoms with van der Waals surface area (Å²) < 4.78 is 18.8. The zero-order valence-electron chi connectivity index (χ0n) is 18.7. The van der Waals surface area contributed by atoms with Crippen molar-refractivity contribution in [1.29, 1.82) is 0 Å². The van der Waals surface area contributed by atoms with Gasteiger partial charge >= 0.3 is 0 Å². The molecule has 31 heavy (non-hydrogen) atoms. The number of hydrogen-bond donors (Lipinski definition) is 2. The number of hydrogen-bond acceptors (Lipinski definition) is 3. The lowest BCUT2D eigenvalue weighted by Crippen LogP contribution is -2.48. The normalized spacial score (nSPS) is 15.4. The average molecular weight is 540 g/mol. The zero-order chi connectivity index (χ0) is 21.3. The molecule has 3 rings (SSSR count). The Labute approximate surface area is 202 Å². The van der Waals surface area contributed by atoms with Crippen LogP contribution in [0.15, 0.2) is 47.5 Å². The second-order valence-electron chi connectivity index (χ2n) is 7.97. The highest BCUT2D eigenvalue weighted by molar-refractivity contribution is 14.0. The molecule has 1 fully saturated rings. The first-order valence-electron chi connectivity index (χ1n) is 10.6. The van der Waals surface area contributed by atoms with E-state index in [0.717, 1.165) is 44.0 Å². The second-order valence-corrected chi connectivity index (χ2v) is 7.97. The Morgan fingerprint density at radius 1 is 1.16 bits per heavy atom. The van der Waals surface area contributed by atoms with Crippen LogP contribution in [-0.2, 0) is 24.4 Å². The van der Waals surface area contributed by atoms with Crippen LogP contribution in [-0.4, -0.2) is 44.1 Å². The number of halogens is 2. The van der Waals surface area contributed by atoms with E-state index in [-0.39, 0.29) is 36.4 Å². The minimum absolute atomic E-state index is 0. The number of aryl methyl sites for hydroxylation is 1. The number of nitrogens with one attached hydrogen (secondary N) is 2. The number of likely N-dealkylation sites (tertiary alicyclic amines) is 1. The van der Waals surface area contributed by atoms with E-state index in [1.165, 1.54) is 17.2 Å². The molecule has 0 spiro atoms. The molecule has 0 atom stereocenters. The minimum atomic E-state index is -0.236. The molecule has 0 amide bonds. The van der Waals surface area contributed by atoms with Gasteiger partial charge in [0.15, 0.2) is 5.96 Å². The Kier molecular flexibility index (Phi) is 10.7. The number of aliphatic imine (C=N–C) groups is 1. The number of piperidine rings is 1. The Balaban J connectivity index is 0.00000341. The fourth-order valence-corrected chi connectivity index (χ4v) is 3.88. The SMILES string of the molecule is CN=C(NCc1ccc(F)c(COC)c1)NC1CCN(Cc2cccc(C)c2)CC1.I. The van der Waals surface area contributed by atoms with Gasteiger partial charge in [-0.1, -0.05) is 35.9 Å². The lowest BCUT2D eigenvalue weighted by Gasteiger charge is -2.33. The number of ether oxygens (including phenoxy) is 1. The van der Waals surface area contributed by atoms with E-state index in [2.05, 4.69) is 51.7 Å². The minimum Gasteiger partial charge on any atom is -0.380 e. The van der Waals surface area contributed by atoms with Crippen LogP contribution in [0.5, 0.6) is 0 Å². The Hall–Kier alpha value is -1.71. The highest BCUT2D eigenvalue weighted by Crippen LogP contribution is 2.15. The number of rotatable bonds is 7. The summed E-state index contributed by atoms with van der Waals surface area (Å²) in [6, 6.07) is 14.3. The summed E-state index contributed by atoms with van der Waals surface area (Å²) in [5, 5.41) is 6.88. The first-order chi connectivity index (χ1) is 14.6. The fraction of sp³-hybridized carbons (Fsp3) is 0.458. The molecule has 1 aliphatic heterocycles. The molecule has 170 valence electrons. The maximum atomic E-state index is 13.8. The van der Waals surface area contributed by atoms with Crippen LogP contribution in [0.3, 0.4) is 0 Å². The van der Waals surface area contributed by atoms with Crippen LogP contribution in [0.25, 0.3) is 0 Å². The summed E-state index contributed by atoms with van der Waals surface area (Å²) in [5.41, 5.74) is 4.26. The van der Waals surface area contributed by atoms with E-state index >= 15 is 0 Å². The molecule has 1 heterocycles. The molecular weight excluding hydrogens is 506 g/mol. The Morgan fingerprint density at radius 3 is 2.61 bits per heavy atom. The molecule has 7 heteroatoms. The van der Waals surface area contributed by atoms with Crippen LogP contribution < -0.4 is 10.6 Å². The quantitative estimate of drug-likeness (QED) is 0.314. The van der Waals surface area contributed by atoms with Crippen molar-refractivity contribution in [2.24, 2.45) is 4.99 Å². The molecule has 1 aliphatic rings. The standard InChI is InChI=1S/C24H33FN4O.HI/c1-18-5-4-6-20(13-18)16-29-11-9-22(10-12-29)28-24(26-2)27-15-19-7-8-23(25)21(14-19)17-30-3;/h4-8,13-14,22H,9-12,15-17H2,1-3H3,(H2,26,27,28);1H. The third kappa shape index (κ3) is 8.05. The largest absolute Gasteiger partial charge is 0.380 e. The van der Waals surface area contributed by atoms with E-state index in [1.807, 2.05) is 6.07 Å². The molecule has 0 aromatic heterocycles. The Bertz CT molecular complexity index is 853.